The predicted octanol–water partition coefficient (Wildman–Crippen LogP) is 0.608. The first kappa shape index (κ1) is 11.5. The first-order valence-corrected chi connectivity index (χ1v) is 4.58. The van der Waals surface area contributed by atoms with Gasteiger partial charge in [0.05, 0.1) is 18.8 Å². The average Bonchev–Trinajstić information content (AvgIpc) is 2.73. The van der Waals surface area contributed by atoms with Crippen molar-refractivity contribution in [2.24, 2.45) is 5.11 Å². The van der Waals surface area contributed by atoms with Gasteiger partial charge in [0.25, 0.3) is 0 Å². The Hall–Kier alpha value is -1.56. The summed E-state index contributed by atoms with van der Waals surface area (Å²) >= 11 is 0. The van der Waals surface area contributed by atoms with Gasteiger partial charge in [0.1, 0.15) is 6.10 Å². The summed E-state index contributed by atoms with van der Waals surface area (Å²) in [6.07, 6.45) is 0.948. The molecule has 0 aliphatic rings. The summed E-state index contributed by atoms with van der Waals surface area (Å²) in [6, 6.07) is 0. The summed E-state index contributed by atoms with van der Waals surface area (Å²) in [4.78, 5) is 2.51. The first-order valence-electron chi connectivity index (χ1n) is 4.58. The van der Waals surface area contributed by atoms with Gasteiger partial charge >= 0.3 is 0 Å². The van der Waals surface area contributed by atoms with Crippen LogP contribution in [0.4, 0.5) is 0 Å². The van der Waals surface area contributed by atoms with Crippen molar-refractivity contribution < 1.29 is 10.2 Å². The fraction of sp³-hybridized carbons (Fsp3) is 0.625. The van der Waals surface area contributed by atoms with Crippen LogP contribution < -0.4 is 0 Å². The van der Waals surface area contributed by atoms with Gasteiger partial charge in [0.2, 0.25) is 0 Å². The van der Waals surface area contributed by atoms with Crippen molar-refractivity contribution in [1.82, 2.24) is 9.78 Å². The molecule has 0 aromatic carbocycles. The zero-order chi connectivity index (χ0) is 11.3. The molecule has 0 aliphatic carbocycles. The second kappa shape index (κ2) is 5.35. The molecule has 7 heteroatoms. The lowest BCUT2D eigenvalue weighted by atomic mass is 10.1. The lowest BCUT2D eigenvalue weighted by Gasteiger charge is -2.13. The molecule has 1 heterocycles. The summed E-state index contributed by atoms with van der Waals surface area (Å²) < 4.78 is 1.64. The van der Waals surface area contributed by atoms with Crippen LogP contribution in [0.25, 0.3) is 10.4 Å². The normalized spacial score (nSPS) is 14.3. The van der Waals surface area contributed by atoms with Crippen molar-refractivity contribution in [1.29, 1.82) is 0 Å². The van der Waals surface area contributed by atoms with Gasteiger partial charge < -0.3 is 10.2 Å². The van der Waals surface area contributed by atoms with E-state index in [0.29, 0.717) is 12.1 Å². The van der Waals surface area contributed by atoms with Gasteiger partial charge in [-0.3, -0.25) is 4.68 Å². The lowest BCUT2D eigenvalue weighted by molar-refractivity contribution is 0.0243. The Balaban J connectivity index is 2.66. The number of nitrogens with zero attached hydrogens (tertiary/aromatic N) is 5. The number of azide groups is 1. The van der Waals surface area contributed by atoms with Gasteiger partial charge in [-0.1, -0.05) is 5.11 Å². The van der Waals surface area contributed by atoms with Crippen LogP contribution in [-0.4, -0.2) is 32.6 Å². The quantitative estimate of drug-likeness (QED) is 0.423. The minimum atomic E-state index is -1.10. The molecule has 0 amide bonds. The molecule has 0 radical (unpaired) electrons. The molecule has 1 aromatic rings. The van der Waals surface area contributed by atoms with Gasteiger partial charge in [-0.2, -0.15) is 5.10 Å². The molecule has 15 heavy (non-hydrogen) atoms. The van der Waals surface area contributed by atoms with E-state index in [1.807, 2.05) is 6.92 Å². The van der Waals surface area contributed by atoms with E-state index in [0.717, 1.165) is 0 Å². The smallest absolute Gasteiger partial charge is 0.108 e. The predicted molar refractivity (Wildman–Crippen MR) is 52.9 cm³/mol. The Kier molecular flexibility index (Phi) is 4.11. The lowest BCUT2D eigenvalue weighted by Crippen LogP contribution is -2.20. The maximum atomic E-state index is 9.64. The zero-order valence-electron chi connectivity index (χ0n) is 8.35. The number of hydrogen-bond donors (Lipinski definition) is 2. The van der Waals surface area contributed by atoms with Crippen LogP contribution in [0.1, 0.15) is 18.6 Å². The van der Waals surface area contributed by atoms with Crippen LogP contribution in [-0.2, 0) is 6.54 Å². The molecule has 0 aliphatic heterocycles. The Morgan fingerprint density at radius 3 is 2.93 bits per heavy atom. The molecule has 1 rings (SSSR count). The topological polar surface area (TPSA) is 107 Å². The van der Waals surface area contributed by atoms with Crippen molar-refractivity contribution in [3.63, 3.8) is 0 Å². The Morgan fingerprint density at radius 2 is 2.40 bits per heavy atom. The molecular formula is C8H13N5O2. The summed E-state index contributed by atoms with van der Waals surface area (Å²) in [5.41, 5.74) is 8.57. The number of hydrogen-bond acceptors (Lipinski definition) is 4. The van der Waals surface area contributed by atoms with E-state index in [4.69, 9.17) is 5.53 Å². The molecule has 2 atom stereocenters. The van der Waals surface area contributed by atoms with Crippen molar-refractivity contribution >= 4 is 0 Å². The van der Waals surface area contributed by atoms with E-state index in [-0.39, 0.29) is 6.54 Å². The van der Waals surface area contributed by atoms with Crippen LogP contribution in [0.15, 0.2) is 17.5 Å². The summed E-state index contributed by atoms with van der Waals surface area (Å²) in [6.45, 7) is 2.45. The van der Waals surface area contributed by atoms with Crippen molar-refractivity contribution in [2.75, 3.05) is 6.54 Å². The Labute approximate surface area is 86.6 Å². The van der Waals surface area contributed by atoms with Gasteiger partial charge in [-0.05, 0) is 12.5 Å². The molecule has 0 spiro atoms. The highest BCUT2D eigenvalue weighted by Gasteiger charge is 2.18. The van der Waals surface area contributed by atoms with E-state index in [9.17, 15) is 10.2 Å². The highest BCUT2D eigenvalue weighted by Crippen LogP contribution is 2.16. The molecule has 0 saturated carbocycles. The molecule has 2 unspecified atom stereocenters. The molecule has 2 N–H and O–H groups in total. The first-order chi connectivity index (χ1) is 7.19. The third kappa shape index (κ3) is 2.95. The maximum Gasteiger partial charge on any atom is 0.108 e. The summed E-state index contributed by atoms with van der Waals surface area (Å²) in [5, 5.41) is 26.2. The van der Waals surface area contributed by atoms with Crippen molar-refractivity contribution in [2.45, 2.75) is 25.7 Å². The fourth-order valence-electron chi connectivity index (χ4n) is 1.15. The standard InChI is InChI=1S/C8H13N5O2/c1-2-13-5-6(3-11-13)8(15)7(14)4-10-12-9/h3,5,7-8,14-15H,2,4H2,1H3. The molecule has 1 aromatic heterocycles. The molecule has 0 bridgehead atoms. The van der Waals surface area contributed by atoms with Crippen LogP contribution >= 0.6 is 0 Å². The van der Waals surface area contributed by atoms with E-state index >= 15 is 0 Å². The van der Waals surface area contributed by atoms with Gasteiger partial charge in [-0.25, -0.2) is 0 Å². The SMILES string of the molecule is CCn1cc(C(O)C(O)CN=[N+]=[N-])cn1. The number of rotatable bonds is 5. The number of aromatic nitrogens is 2. The minimum Gasteiger partial charge on any atom is -0.390 e. The Morgan fingerprint density at radius 1 is 1.67 bits per heavy atom. The van der Waals surface area contributed by atoms with Crippen LogP contribution in [0, 0.1) is 0 Å². The van der Waals surface area contributed by atoms with E-state index < -0.39 is 12.2 Å². The average molecular weight is 211 g/mol. The molecular weight excluding hydrogens is 198 g/mol. The fourth-order valence-corrected chi connectivity index (χ4v) is 1.15. The van der Waals surface area contributed by atoms with Crippen LogP contribution in [0.3, 0.4) is 0 Å². The van der Waals surface area contributed by atoms with Gasteiger partial charge in [-0.15, -0.1) is 0 Å². The second-order valence-corrected chi connectivity index (χ2v) is 3.05. The third-order valence-electron chi connectivity index (χ3n) is 2.02. The second-order valence-electron chi connectivity index (χ2n) is 3.05. The highest BCUT2D eigenvalue weighted by atomic mass is 16.3. The Bertz CT molecular complexity index is 358. The third-order valence-corrected chi connectivity index (χ3v) is 2.02. The molecule has 0 fully saturated rings. The van der Waals surface area contributed by atoms with E-state index in [1.165, 1.54) is 6.20 Å². The highest BCUT2D eigenvalue weighted by molar-refractivity contribution is 5.09. The maximum absolute atomic E-state index is 9.64. The number of aryl methyl sites for hydroxylation is 1. The van der Waals surface area contributed by atoms with Crippen LogP contribution in [0.2, 0.25) is 0 Å². The van der Waals surface area contributed by atoms with Crippen LogP contribution in [0.5, 0.6) is 0 Å². The van der Waals surface area contributed by atoms with Crippen molar-refractivity contribution in [3.8, 4) is 0 Å². The monoisotopic (exact) mass is 211 g/mol. The molecule has 0 saturated heterocycles. The minimum absolute atomic E-state index is 0.158. The zero-order valence-corrected chi connectivity index (χ0v) is 8.35. The van der Waals surface area contributed by atoms with Gasteiger partial charge in [0.15, 0.2) is 0 Å². The van der Waals surface area contributed by atoms with Crippen molar-refractivity contribution in [3.05, 3.63) is 28.4 Å². The number of aliphatic hydroxyl groups excluding tert-OH is 2. The summed E-state index contributed by atoms with van der Waals surface area (Å²) in [5.74, 6) is 0. The number of aliphatic hydroxyl groups is 2. The largest absolute Gasteiger partial charge is 0.390 e. The summed E-state index contributed by atoms with van der Waals surface area (Å²) in [7, 11) is 0. The van der Waals surface area contributed by atoms with E-state index in [1.54, 1.807) is 10.9 Å². The molecule has 82 valence electrons. The van der Waals surface area contributed by atoms with E-state index in [2.05, 4.69) is 15.1 Å². The molecule has 7 nitrogen and oxygen atoms in total. The van der Waals surface area contributed by atoms with Gasteiger partial charge in [0, 0.05) is 23.2 Å².